The lowest BCUT2D eigenvalue weighted by atomic mass is 9.42. The highest BCUT2D eigenvalue weighted by Gasteiger charge is 2.85. The number of amides is 2. The summed E-state index contributed by atoms with van der Waals surface area (Å²) in [5.41, 5.74) is -7.08. The Morgan fingerprint density at radius 2 is 1.86 bits per heavy atom. The first-order valence-electron chi connectivity index (χ1n) is 18.8. The number of hydrogen-bond acceptors (Lipinski definition) is 11. The van der Waals surface area contributed by atoms with E-state index in [0.29, 0.717) is 37.2 Å². The van der Waals surface area contributed by atoms with Gasteiger partial charge in [0.25, 0.3) is 0 Å². The predicted molar refractivity (Wildman–Crippen MR) is 185 cm³/mol. The molecule has 4 aliphatic carbocycles. The van der Waals surface area contributed by atoms with E-state index in [0.717, 1.165) is 24.2 Å². The second-order valence-corrected chi connectivity index (χ2v) is 18.6. The third-order valence-electron chi connectivity index (χ3n) is 15.4. The molecule has 5 N–H and O–H groups in total. The molecule has 13 heteroatoms. The number of epoxide rings is 1. The van der Waals surface area contributed by atoms with E-state index in [4.69, 9.17) is 14.2 Å². The van der Waals surface area contributed by atoms with E-state index in [2.05, 4.69) is 10.6 Å². The SMILES string of the molecule is CC1=C(C)C(=O)OC(C(C)(O)[C@]2(O)CC[C@@]3(O)C4C[C@H]5O[C@]56[C@H](OC(=O)CCCCC5CSC7NC(=O)NC57)C=CC(=O)[C@]6(C)C4CC[C@@]32C)C1. The normalized spacial score (nSPS) is 49.1. The molecule has 3 saturated heterocycles. The summed E-state index contributed by atoms with van der Waals surface area (Å²) in [6.45, 7) is 8.75. The molecule has 4 heterocycles. The van der Waals surface area contributed by atoms with Gasteiger partial charge in [-0.25, -0.2) is 9.59 Å². The van der Waals surface area contributed by atoms with Gasteiger partial charge < -0.3 is 40.2 Å². The third kappa shape index (κ3) is 4.59. The number of ketones is 1. The van der Waals surface area contributed by atoms with Crippen LogP contribution < -0.4 is 10.6 Å². The fraction of sp³-hybridized carbons (Fsp3) is 0.789. The molecule has 12 nitrogen and oxygen atoms in total. The number of carbonyl (C=O) groups is 4. The smallest absolute Gasteiger partial charge is 0.334 e. The van der Waals surface area contributed by atoms with Crippen LogP contribution in [0.2, 0.25) is 0 Å². The molecule has 0 bridgehead atoms. The summed E-state index contributed by atoms with van der Waals surface area (Å²) in [7, 11) is 0. The van der Waals surface area contributed by atoms with E-state index >= 15 is 0 Å². The topological polar surface area (TPSA) is 184 Å². The maximum atomic E-state index is 14.0. The summed E-state index contributed by atoms with van der Waals surface area (Å²) >= 11 is 1.75. The van der Waals surface area contributed by atoms with E-state index in [1.54, 1.807) is 24.8 Å². The molecule has 8 aliphatic rings. The Balaban J connectivity index is 0.969. The number of carbonyl (C=O) groups excluding carboxylic acids is 4. The Morgan fingerprint density at radius 1 is 1.10 bits per heavy atom. The fourth-order valence-corrected chi connectivity index (χ4v) is 13.5. The van der Waals surface area contributed by atoms with E-state index in [9.17, 15) is 34.5 Å². The summed E-state index contributed by atoms with van der Waals surface area (Å²) < 4.78 is 18.3. The van der Waals surface area contributed by atoms with Crippen molar-refractivity contribution >= 4 is 35.5 Å². The number of urea groups is 1. The average molecular weight is 729 g/mol. The lowest BCUT2D eigenvalue weighted by Gasteiger charge is -2.63. The molecular weight excluding hydrogens is 676 g/mol. The summed E-state index contributed by atoms with van der Waals surface area (Å²) in [5, 5.41) is 43.6. The number of ether oxygens (including phenoxy) is 3. The maximum absolute atomic E-state index is 14.0. The quantitative estimate of drug-likeness (QED) is 0.141. The number of esters is 2. The summed E-state index contributed by atoms with van der Waals surface area (Å²) in [6.07, 6.45) is 5.44. The van der Waals surface area contributed by atoms with Gasteiger partial charge in [-0.05, 0) is 103 Å². The predicted octanol–water partition coefficient (Wildman–Crippen LogP) is 3.21. The minimum Gasteiger partial charge on any atom is -0.455 e. The molecule has 14 atom stereocenters. The van der Waals surface area contributed by atoms with E-state index in [1.165, 1.54) is 13.0 Å². The second-order valence-electron chi connectivity index (χ2n) is 17.4. The van der Waals surface area contributed by atoms with Crippen LogP contribution in [0.4, 0.5) is 4.79 Å². The van der Waals surface area contributed by atoms with Crippen molar-refractivity contribution in [2.75, 3.05) is 5.75 Å². The van der Waals surface area contributed by atoms with Crippen LogP contribution in [0.5, 0.6) is 0 Å². The van der Waals surface area contributed by atoms with Gasteiger partial charge in [0.1, 0.15) is 22.9 Å². The Hall–Kier alpha value is -2.45. The fourth-order valence-electron chi connectivity index (χ4n) is 12.0. The zero-order valence-corrected chi connectivity index (χ0v) is 31.0. The molecule has 0 aromatic carbocycles. The number of rotatable bonds is 8. The van der Waals surface area contributed by atoms with Crippen LogP contribution in [0.1, 0.15) is 98.8 Å². The van der Waals surface area contributed by atoms with Gasteiger partial charge in [0, 0.05) is 29.6 Å². The van der Waals surface area contributed by atoms with Gasteiger partial charge in [0.05, 0.1) is 28.5 Å². The number of aliphatic hydroxyl groups is 3. The molecule has 1 spiro atoms. The molecule has 0 radical (unpaired) electrons. The molecule has 7 unspecified atom stereocenters. The summed E-state index contributed by atoms with van der Waals surface area (Å²) in [6, 6.07) is 0.00584. The number of nitrogens with one attached hydrogen (secondary N) is 2. The number of allylic oxidation sites excluding steroid dienone is 1. The Labute approximate surface area is 302 Å². The van der Waals surface area contributed by atoms with Crippen molar-refractivity contribution in [1.29, 1.82) is 0 Å². The number of cyclic esters (lactones) is 1. The van der Waals surface area contributed by atoms with Crippen LogP contribution in [0.3, 0.4) is 0 Å². The lowest BCUT2D eigenvalue weighted by Crippen LogP contribution is -2.73. The molecule has 51 heavy (non-hydrogen) atoms. The largest absolute Gasteiger partial charge is 0.455 e. The number of thioether (sulfide) groups is 1. The summed E-state index contributed by atoms with van der Waals surface area (Å²) in [4.78, 5) is 51.6. The second kappa shape index (κ2) is 11.5. The highest BCUT2D eigenvalue weighted by Crippen LogP contribution is 2.75. The van der Waals surface area contributed by atoms with Crippen LogP contribution in [0.25, 0.3) is 0 Å². The van der Waals surface area contributed by atoms with Gasteiger partial charge in [-0.2, -0.15) is 0 Å². The van der Waals surface area contributed by atoms with Crippen molar-refractivity contribution in [2.24, 2.45) is 28.6 Å². The Kier molecular flexibility index (Phi) is 8.04. The van der Waals surface area contributed by atoms with Gasteiger partial charge in [-0.15, -0.1) is 11.8 Å². The molecule has 8 rings (SSSR count). The minimum absolute atomic E-state index is 0.0971. The van der Waals surface area contributed by atoms with E-state index in [-0.39, 0.29) is 60.8 Å². The molecule has 280 valence electrons. The first kappa shape index (κ1) is 35.6. The van der Waals surface area contributed by atoms with Gasteiger partial charge in [-0.3, -0.25) is 9.59 Å². The van der Waals surface area contributed by atoms with Crippen molar-refractivity contribution in [3.63, 3.8) is 0 Å². The highest BCUT2D eigenvalue weighted by molar-refractivity contribution is 8.00. The molecule has 0 aromatic heterocycles. The van der Waals surface area contributed by atoms with Crippen molar-refractivity contribution in [1.82, 2.24) is 10.6 Å². The minimum atomic E-state index is -1.86. The van der Waals surface area contributed by atoms with Crippen molar-refractivity contribution < 1.29 is 48.7 Å². The number of unbranched alkanes of at least 4 members (excludes halogenated alkanes) is 1. The van der Waals surface area contributed by atoms with Gasteiger partial charge >= 0.3 is 18.0 Å². The number of hydrogen-bond donors (Lipinski definition) is 5. The molecule has 0 aromatic rings. The lowest BCUT2D eigenvalue weighted by molar-refractivity contribution is -0.283. The molecule has 6 fully saturated rings. The molecular formula is C38H52N2O10S. The standard InChI is InChI=1S/C38H52N2O10S/c1-19-16-26(49-31(43)20(19)2)35(5,45)37(47)15-14-36(46)23-17-27-38(50-27)25(11-10-24(41)34(38,4)22(23)12-13-33(36,37)3)48-28(42)9-7-6-8-21-18-51-30-29(21)39-32(44)40-30/h10-11,21-23,25-27,29-30,45-47H,6-9,12-18H2,1-5H3,(H2,39,40,44)/t21?,22?,23?,25-,26?,27-,29?,30?,33+,34+,35?,36-,37+,38-/m1/s1. The maximum Gasteiger partial charge on any atom is 0.334 e. The van der Waals surface area contributed by atoms with Crippen molar-refractivity contribution in [3.8, 4) is 0 Å². The van der Waals surface area contributed by atoms with Crippen LogP contribution in [-0.4, -0.2) is 97.0 Å². The average Bonchev–Trinajstić information content (AvgIpc) is 3.43. The number of fused-ring (bicyclic) bond motifs is 5. The highest BCUT2D eigenvalue weighted by atomic mass is 32.2. The molecule has 4 aliphatic heterocycles. The van der Waals surface area contributed by atoms with Crippen LogP contribution >= 0.6 is 11.8 Å². The van der Waals surface area contributed by atoms with Crippen molar-refractivity contribution in [3.05, 3.63) is 23.3 Å². The van der Waals surface area contributed by atoms with Crippen LogP contribution in [-0.2, 0) is 28.6 Å². The van der Waals surface area contributed by atoms with Gasteiger partial charge in [0.15, 0.2) is 11.9 Å². The first-order valence-corrected chi connectivity index (χ1v) is 19.8. The zero-order valence-electron chi connectivity index (χ0n) is 30.2. The van der Waals surface area contributed by atoms with Crippen molar-refractivity contribution in [2.45, 2.75) is 151 Å². The Bertz CT molecular complexity index is 1630. The van der Waals surface area contributed by atoms with Crippen LogP contribution in [0.15, 0.2) is 23.3 Å². The van der Waals surface area contributed by atoms with Gasteiger partial charge in [-0.1, -0.05) is 18.9 Å². The first-order chi connectivity index (χ1) is 23.9. The monoisotopic (exact) mass is 728 g/mol. The van der Waals surface area contributed by atoms with E-state index in [1.807, 2.05) is 20.8 Å². The molecule has 2 amide bonds. The van der Waals surface area contributed by atoms with E-state index < -0.39 is 63.4 Å². The Morgan fingerprint density at radius 3 is 2.61 bits per heavy atom. The van der Waals surface area contributed by atoms with Crippen LogP contribution in [0, 0.1) is 28.6 Å². The zero-order chi connectivity index (χ0) is 36.5. The van der Waals surface area contributed by atoms with Gasteiger partial charge in [0.2, 0.25) is 0 Å². The third-order valence-corrected chi connectivity index (χ3v) is 16.8. The molecule has 3 saturated carbocycles. The summed E-state index contributed by atoms with van der Waals surface area (Å²) in [5.74, 6) is -0.396.